The third kappa shape index (κ3) is 4.33. The fraction of sp³-hybridized carbons (Fsp3) is 0.625. The summed E-state index contributed by atoms with van der Waals surface area (Å²) in [5, 5.41) is 11.7. The second-order valence-electron chi connectivity index (χ2n) is 5.95. The van der Waals surface area contributed by atoms with Crippen LogP contribution in [0.15, 0.2) is 11.3 Å². The van der Waals surface area contributed by atoms with Crippen molar-refractivity contribution in [2.45, 2.75) is 50.9 Å². The highest BCUT2D eigenvalue weighted by Gasteiger charge is 2.54. The number of unbranched alkanes of at least 4 members (excludes halogenated alkanes) is 2. The number of rotatable bonds is 8. The molecule has 0 aromatic carbocycles. The topological polar surface area (TPSA) is 113 Å². The van der Waals surface area contributed by atoms with E-state index < -0.39 is 29.3 Å². The van der Waals surface area contributed by atoms with Gasteiger partial charge in [-0.1, -0.05) is 19.8 Å². The molecule has 0 saturated carbocycles. The Morgan fingerprint density at radius 1 is 1.36 bits per heavy atom. The Morgan fingerprint density at radius 3 is 2.68 bits per heavy atom. The zero-order valence-electron chi connectivity index (χ0n) is 14.2. The number of nitrogens with one attached hydrogen (secondary N) is 1. The minimum Gasteiger partial charge on any atom is -0.477 e. The van der Waals surface area contributed by atoms with Crippen molar-refractivity contribution in [3.05, 3.63) is 11.3 Å². The fourth-order valence-corrected chi connectivity index (χ4v) is 4.09. The van der Waals surface area contributed by atoms with Gasteiger partial charge in [0.05, 0.1) is 0 Å². The molecule has 2 aliphatic rings. The number of ether oxygens (including phenoxy) is 1. The van der Waals surface area contributed by atoms with Crippen LogP contribution in [0.3, 0.4) is 0 Å². The molecule has 25 heavy (non-hydrogen) atoms. The van der Waals surface area contributed by atoms with Crippen molar-refractivity contribution in [1.29, 1.82) is 0 Å². The molecule has 138 valence electrons. The number of carboxylic acid groups (broad SMARTS) is 1. The first-order valence-electron chi connectivity index (χ1n) is 8.19. The summed E-state index contributed by atoms with van der Waals surface area (Å²) < 4.78 is 4.87. The Morgan fingerprint density at radius 2 is 2.08 bits per heavy atom. The van der Waals surface area contributed by atoms with E-state index >= 15 is 0 Å². The number of amides is 2. The maximum Gasteiger partial charge on any atom is 0.352 e. The minimum absolute atomic E-state index is 0.147. The van der Waals surface area contributed by atoms with E-state index in [4.69, 9.17) is 4.74 Å². The van der Waals surface area contributed by atoms with E-state index in [-0.39, 0.29) is 18.2 Å². The number of fused-ring (bicyclic) bond motifs is 1. The predicted molar refractivity (Wildman–Crippen MR) is 90.5 cm³/mol. The van der Waals surface area contributed by atoms with Crippen LogP contribution < -0.4 is 5.32 Å². The summed E-state index contributed by atoms with van der Waals surface area (Å²) in [5.41, 5.74) is 0.233. The van der Waals surface area contributed by atoms with Crippen LogP contribution in [-0.4, -0.2) is 57.5 Å². The summed E-state index contributed by atoms with van der Waals surface area (Å²) in [5.74, 6) is -2.08. The zero-order valence-corrected chi connectivity index (χ0v) is 15.1. The summed E-state index contributed by atoms with van der Waals surface area (Å²) >= 11 is 1.35. The van der Waals surface area contributed by atoms with E-state index in [2.05, 4.69) is 5.32 Å². The van der Waals surface area contributed by atoms with Gasteiger partial charge in [0.1, 0.15) is 23.7 Å². The van der Waals surface area contributed by atoms with Gasteiger partial charge in [-0.3, -0.25) is 19.3 Å². The van der Waals surface area contributed by atoms with E-state index in [0.717, 1.165) is 19.3 Å². The van der Waals surface area contributed by atoms with Gasteiger partial charge in [-0.2, -0.15) is 0 Å². The Balaban J connectivity index is 2.04. The van der Waals surface area contributed by atoms with E-state index in [0.29, 0.717) is 17.7 Å². The highest BCUT2D eigenvalue weighted by atomic mass is 32.2. The predicted octanol–water partition coefficient (Wildman–Crippen LogP) is 0.868. The van der Waals surface area contributed by atoms with Gasteiger partial charge < -0.3 is 15.2 Å². The second kappa shape index (κ2) is 8.37. The molecule has 0 bridgehead atoms. The van der Waals surface area contributed by atoms with Gasteiger partial charge in [-0.25, -0.2) is 4.79 Å². The maximum absolute atomic E-state index is 12.4. The average Bonchev–Trinajstić information content (AvgIpc) is 2.56. The monoisotopic (exact) mass is 370 g/mol. The Labute approximate surface area is 149 Å². The molecular weight excluding hydrogens is 348 g/mol. The lowest BCUT2D eigenvalue weighted by molar-refractivity contribution is -0.151. The number of hydrogen-bond donors (Lipinski definition) is 2. The third-order valence-corrected chi connectivity index (χ3v) is 5.36. The number of esters is 1. The molecule has 2 rings (SSSR count). The van der Waals surface area contributed by atoms with E-state index in [1.54, 1.807) is 0 Å². The summed E-state index contributed by atoms with van der Waals surface area (Å²) in [7, 11) is 0. The molecule has 0 aliphatic carbocycles. The fourth-order valence-electron chi connectivity index (χ4n) is 2.76. The first-order chi connectivity index (χ1) is 11.9. The second-order valence-corrected chi connectivity index (χ2v) is 7.05. The number of thioether (sulfide) groups is 1. The molecule has 0 aromatic rings. The van der Waals surface area contributed by atoms with Crippen molar-refractivity contribution in [3.8, 4) is 0 Å². The highest BCUT2D eigenvalue weighted by molar-refractivity contribution is 8.00. The molecule has 0 radical (unpaired) electrons. The molecular formula is C16H22N2O6S. The highest BCUT2D eigenvalue weighted by Crippen LogP contribution is 2.40. The van der Waals surface area contributed by atoms with Crippen LogP contribution in [0.1, 0.15) is 39.5 Å². The Bertz CT molecular complexity index is 618. The van der Waals surface area contributed by atoms with E-state index in [9.17, 15) is 24.3 Å². The molecule has 2 N–H and O–H groups in total. The quantitative estimate of drug-likeness (QED) is 0.370. The lowest BCUT2D eigenvalue weighted by atomic mass is 10.0. The zero-order chi connectivity index (χ0) is 18.6. The Hall–Kier alpha value is -2.03. The van der Waals surface area contributed by atoms with Crippen LogP contribution in [0.5, 0.6) is 0 Å². The molecule has 1 fully saturated rings. The normalized spacial score (nSPS) is 22.2. The molecule has 1 saturated heterocycles. The SMILES string of the molecule is CCCCCC(=O)N[C@@H]1C(=O)N2C(C(=O)O)=C(COC(C)=O)CS[C@H]12. The third-order valence-electron chi connectivity index (χ3n) is 4.02. The van der Waals surface area contributed by atoms with Crippen molar-refractivity contribution in [2.24, 2.45) is 0 Å². The smallest absolute Gasteiger partial charge is 0.352 e. The summed E-state index contributed by atoms with van der Waals surface area (Å²) in [6, 6.07) is -0.705. The molecule has 0 unspecified atom stereocenters. The number of hydrogen-bond acceptors (Lipinski definition) is 6. The van der Waals surface area contributed by atoms with Crippen molar-refractivity contribution in [1.82, 2.24) is 10.2 Å². The molecule has 9 heteroatoms. The minimum atomic E-state index is -1.24. The lowest BCUT2D eigenvalue weighted by Gasteiger charge is -2.49. The van der Waals surface area contributed by atoms with Crippen LogP contribution >= 0.6 is 11.8 Å². The largest absolute Gasteiger partial charge is 0.477 e. The van der Waals surface area contributed by atoms with Crippen molar-refractivity contribution in [2.75, 3.05) is 12.4 Å². The number of carboxylic acids is 1. The summed E-state index contributed by atoms with van der Waals surface area (Å²) in [6.45, 7) is 3.12. The van der Waals surface area contributed by atoms with Crippen LogP contribution in [0.25, 0.3) is 0 Å². The number of carbonyl (C=O) groups excluding carboxylic acids is 3. The average molecular weight is 370 g/mol. The van der Waals surface area contributed by atoms with Crippen LogP contribution in [-0.2, 0) is 23.9 Å². The van der Waals surface area contributed by atoms with Gasteiger partial charge in [0, 0.05) is 24.7 Å². The first kappa shape index (κ1) is 19.3. The molecule has 8 nitrogen and oxygen atoms in total. The van der Waals surface area contributed by atoms with Crippen LogP contribution in [0.4, 0.5) is 0 Å². The maximum atomic E-state index is 12.4. The molecule has 2 aliphatic heterocycles. The number of aliphatic carboxylic acids is 1. The van der Waals surface area contributed by atoms with Gasteiger partial charge in [0.25, 0.3) is 5.91 Å². The molecule has 2 atom stereocenters. The van der Waals surface area contributed by atoms with Crippen LogP contribution in [0.2, 0.25) is 0 Å². The first-order valence-corrected chi connectivity index (χ1v) is 9.24. The van der Waals surface area contributed by atoms with Gasteiger partial charge in [-0.15, -0.1) is 11.8 Å². The number of nitrogens with zero attached hydrogens (tertiary/aromatic N) is 1. The Kier molecular flexibility index (Phi) is 6.46. The van der Waals surface area contributed by atoms with E-state index in [1.807, 2.05) is 6.92 Å². The van der Waals surface area contributed by atoms with Gasteiger partial charge >= 0.3 is 11.9 Å². The van der Waals surface area contributed by atoms with Crippen LogP contribution in [0, 0.1) is 0 Å². The molecule has 2 heterocycles. The van der Waals surface area contributed by atoms with Gasteiger partial charge in [0.15, 0.2) is 0 Å². The van der Waals surface area contributed by atoms with Crippen molar-refractivity contribution in [3.63, 3.8) is 0 Å². The lowest BCUT2D eigenvalue weighted by Crippen LogP contribution is -2.70. The molecule has 0 spiro atoms. The number of carbonyl (C=O) groups is 4. The number of β-lactam (4-membered cyclic amide) rings is 1. The summed E-state index contributed by atoms with van der Waals surface area (Å²) in [4.78, 5) is 47.9. The van der Waals surface area contributed by atoms with E-state index in [1.165, 1.54) is 23.6 Å². The van der Waals surface area contributed by atoms with Crippen molar-refractivity contribution >= 4 is 35.5 Å². The van der Waals surface area contributed by atoms with Crippen molar-refractivity contribution < 1.29 is 29.0 Å². The molecule has 0 aromatic heterocycles. The summed E-state index contributed by atoms with van der Waals surface area (Å²) in [6.07, 6.45) is 3.06. The molecule has 2 amide bonds. The van der Waals surface area contributed by atoms with Gasteiger partial charge in [0.2, 0.25) is 5.91 Å². The standard InChI is InChI=1S/C16H22N2O6S/c1-3-4-5-6-11(20)17-12-14(21)18-13(16(22)23)10(7-24-9(2)19)8-25-15(12)18/h12,15H,3-8H2,1-2H3,(H,17,20)(H,22,23)/t12-,15-/m1/s1. The van der Waals surface area contributed by atoms with Gasteiger partial charge in [-0.05, 0) is 6.42 Å².